The van der Waals surface area contributed by atoms with Gasteiger partial charge < -0.3 is 15.0 Å². The largest absolute Gasteiger partial charge is 0.486 e. The van der Waals surface area contributed by atoms with Gasteiger partial charge in [-0.15, -0.1) is 10.2 Å². The fourth-order valence-corrected chi connectivity index (χ4v) is 1.35. The average molecular weight is 218 g/mol. The van der Waals surface area contributed by atoms with Crippen molar-refractivity contribution in [3.05, 3.63) is 42.0 Å². The molecule has 1 aromatic heterocycles. The van der Waals surface area contributed by atoms with Crippen molar-refractivity contribution in [2.75, 3.05) is 0 Å². The Morgan fingerprint density at radius 3 is 3.00 bits per heavy atom. The molecule has 0 spiro atoms. The topological polar surface area (TPSA) is 66.0 Å². The summed E-state index contributed by atoms with van der Waals surface area (Å²) >= 11 is 0. The molecule has 5 nitrogen and oxygen atoms in total. The Labute approximate surface area is 93.9 Å². The van der Waals surface area contributed by atoms with Crippen LogP contribution in [0.25, 0.3) is 0 Å². The minimum absolute atomic E-state index is 0.407. The van der Waals surface area contributed by atoms with Crippen LogP contribution < -0.4 is 10.5 Å². The first-order valence-corrected chi connectivity index (χ1v) is 5.04. The lowest BCUT2D eigenvalue weighted by atomic mass is 10.2. The van der Waals surface area contributed by atoms with Gasteiger partial charge in [-0.3, -0.25) is 0 Å². The fraction of sp³-hybridized carbons (Fsp3) is 0.273. The summed E-state index contributed by atoms with van der Waals surface area (Å²) in [5, 5.41) is 7.72. The molecule has 0 amide bonds. The van der Waals surface area contributed by atoms with Gasteiger partial charge in [-0.25, -0.2) is 0 Å². The van der Waals surface area contributed by atoms with Crippen LogP contribution in [0.2, 0.25) is 0 Å². The molecule has 1 heterocycles. The van der Waals surface area contributed by atoms with Crippen LogP contribution in [0.1, 0.15) is 11.4 Å². The third-order valence-electron chi connectivity index (χ3n) is 2.31. The average Bonchev–Trinajstić information content (AvgIpc) is 2.72. The summed E-state index contributed by atoms with van der Waals surface area (Å²) in [6.45, 7) is 0.922. The predicted molar refractivity (Wildman–Crippen MR) is 59.7 cm³/mol. The lowest BCUT2D eigenvalue weighted by Crippen LogP contribution is -2.03. The number of nitrogens with two attached hydrogens (primary N) is 1. The summed E-state index contributed by atoms with van der Waals surface area (Å²) in [6, 6.07) is 7.72. The zero-order valence-electron chi connectivity index (χ0n) is 9.13. The number of hydrogen-bond donors (Lipinski definition) is 1. The van der Waals surface area contributed by atoms with Crippen molar-refractivity contribution in [1.29, 1.82) is 0 Å². The molecule has 0 aliphatic heterocycles. The molecule has 2 aromatic rings. The van der Waals surface area contributed by atoms with E-state index in [0.29, 0.717) is 13.2 Å². The highest BCUT2D eigenvalue weighted by atomic mass is 16.5. The molecule has 5 heteroatoms. The van der Waals surface area contributed by atoms with Crippen LogP contribution in [0.5, 0.6) is 5.75 Å². The molecule has 0 fully saturated rings. The van der Waals surface area contributed by atoms with E-state index in [1.165, 1.54) is 0 Å². The first-order valence-electron chi connectivity index (χ1n) is 5.04. The quantitative estimate of drug-likeness (QED) is 0.826. The lowest BCUT2D eigenvalue weighted by molar-refractivity contribution is 0.291. The Kier molecular flexibility index (Phi) is 3.16. The van der Waals surface area contributed by atoms with Crippen LogP contribution in [-0.4, -0.2) is 14.8 Å². The molecule has 0 atom stereocenters. The van der Waals surface area contributed by atoms with E-state index < -0.39 is 0 Å². The van der Waals surface area contributed by atoms with E-state index in [1.54, 1.807) is 6.33 Å². The van der Waals surface area contributed by atoms with Crippen LogP contribution in [0.3, 0.4) is 0 Å². The Morgan fingerprint density at radius 2 is 2.31 bits per heavy atom. The Hall–Kier alpha value is -1.88. The number of rotatable bonds is 4. The minimum Gasteiger partial charge on any atom is -0.486 e. The highest BCUT2D eigenvalue weighted by Gasteiger charge is 2.01. The normalized spacial score (nSPS) is 10.4. The number of aryl methyl sites for hydroxylation is 1. The maximum atomic E-state index is 5.59. The molecular formula is C11H14N4O. The molecule has 16 heavy (non-hydrogen) atoms. The lowest BCUT2D eigenvalue weighted by Gasteiger charge is -2.06. The van der Waals surface area contributed by atoms with Gasteiger partial charge >= 0.3 is 0 Å². The highest BCUT2D eigenvalue weighted by Crippen LogP contribution is 2.14. The molecule has 84 valence electrons. The van der Waals surface area contributed by atoms with Crippen LogP contribution in [0, 0.1) is 0 Å². The van der Waals surface area contributed by atoms with Gasteiger partial charge in [0.25, 0.3) is 0 Å². The van der Waals surface area contributed by atoms with Crippen LogP contribution in [0.15, 0.2) is 30.6 Å². The summed E-state index contributed by atoms with van der Waals surface area (Å²) in [5.74, 6) is 1.59. The first-order chi connectivity index (χ1) is 7.79. The van der Waals surface area contributed by atoms with E-state index in [-0.39, 0.29) is 0 Å². The van der Waals surface area contributed by atoms with Crippen molar-refractivity contribution < 1.29 is 4.74 Å². The second kappa shape index (κ2) is 4.76. The molecule has 0 unspecified atom stereocenters. The Bertz CT molecular complexity index is 467. The zero-order chi connectivity index (χ0) is 11.4. The van der Waals surface area contributed by atoms with Crippen LogP contribution in [0.4, 0.5) is 0 Å². The summed E-state index contributed by atoms with van der Waals surface area (Å²) < 4.78 is 7.42. The monoisotopic (exact) mass is 218 g/mol. The smallest absolute Gasteiger partial charge is 0.170 e. The summed E-state index contributed by atoms with van der Waals surface area (Å²) in [6.07, 6.45) is 1.65. The molecule has 2 rings (SSSR count). The maximum Gasteiger partial charge on any atom is 0.170 e. The van der Waals surface area contributed by atoms with E-state index in [1.807, 2.05) is 35.9 Å². The minimum atomic E-state index is 0.407. The van der Waals surface area contributed by atoms with E-state index in [4.69, 9.17) is 10.5 Å². The number of ether oxygens (including phenoxy) is 1. The van der Waals surface area contributed by atoms with Gasteiger partial charge in [0, 0.05) is 13.6 Å². The summed E-state index contributed by atoms with van der Waals surface area (Å²) in [7, 11) is 1.88. The molecule has 0 radical (unpaired) electrons. The van der Waals surface area contributed by atoms with Crippen molar-refractivity contribution >= 4 is 0 Å². The van der Waals surface area contributed by atoms with Gasteiger partial charge in [0.1, 0.15) is 18.7 Å². The van der Waals surface area contributed by atoms with Crippen molar-refractivity contribution in [2.24, 2.45) is 12.8 Å². The van der Waals surface area contributed by atoms with E-state index >= 15 is 0 Å². The van der Waals surface area contributed by atoms with Crippen LogP contribution in [-0.2, 0) is 20.2 Å². The molecule has 2 N–H and O–H groups in total. The van der Waals surface area contributed by atoms with Crippen molar-refractivity contribution in [1.82, 2.24) is 14.8 Å². The van der Waals surface area contributed by atoms with Crippen LogP contribution >= 0.6 is 0 Å². The second-order valence-corrected chi connectivity index (χ2v) is 3.50. The van der Waals surface area contributed by atoms with Gasteiger partial charge in [-0.2, -0.15) is 0 Å². The van der Waals surface area contributed by atoms with Crippen molar-refractivity contribution in [3.8, 4) is 5.75 Å². The van der Waals surface area contributed by atoms with E-state index in [0.717, 1.165) is 17.1 Å². The van der Waals surface area contributed by atoms with Gasteiger partial charge in [-0.05, 0) is 17.7 Å². The van der Waals surface area contributed by atoms with Crippen molar-refractivity contribution in [3.63, 3.8) is 0 Å². The molecule has 0 saturated carbocycles. The zero-order valence-corrected chi connectivity index (χ0v) is 9.13. The standard InChI is InChI=1S/C11H14N4O/c1-15-8-13-14-11(15)7-16-10-4-2-3-9(5-10)6-12/h2-5,8H,6-7,12H2,1H3. The van der Waals surface area contributed by atoms with E-state index in [2.05, 4.69) is 10.2 Å². The molecule has 0 aliphatic rings. The third-order valence-corrected chi connectivity index (χ3v) is 2.31. The first kappa shape index (κ1) is 10.6. The van der Waals surface area contributed by atoms with Gasteiger partial charge in [0.05, 0.1) is 0 Å². The molecule has 0 saturated heterocycles. The van der Waals surface area contributed by atoms with E-state index in [9.17, 15) is 0 Å². The number of hydrogen-bond acceptors (Lipinski definition) is 4. The predicted octanol–water partition coefficient (Wildman–Crippen LogP) is 0.853. The Morgan fingerprint density at radius 1 is 1.44 bits per heavy atom. The van der Waals surface area contributed by atoms with Gasteiger partial charge in [0.15, 0.2) is 5.82 Å². The second-order valence-electron chi connectivity index (χ2n) is 3.50. The molecular weight excluding hydrogens is 204 g/mol. The Balaban J connectivity index is 2.02. The molecule has 1 aromatic carbocycles. The summed E-state index contributed by atoms with van der Waals surface area (Å²) in [4.78, 5) is 0. The third kappa shape index (κ3) is 2.38. The highest BCUT2D eigenvalue weighted by molar-refractivity contribution is 5.28. The number of nitrogens with zero attached hydrogens (tertiary/aromatic N) is 3. The molecule has 0 aliphatic carbocycles. The van der Waals surface area contributed by atoms with Gasteiger partial charge in [-0.1, -0.05) is 12.1 Å². The number of benzene rings is 1. The fourth-order valence-electron chi connectivity index (χ4n) is 1.35. The number of aromatic nitrogens is 3. The SMILES string of the molecule is Cn1cnnc1COc1cccc(CN)c1. The molecule has 0 bridgehead atoms. The maximum absolute atomic E-state index is 5.59. The van der Waals surface area contributed by atoms with Gasteiger partial charge in [0.2, 0.25) is 0 Å². The van der Waals surface area contributed by atoms with Crippen molar-refractivity contribution in [2.45, 2.75) is 13.2 Å². The summed E-state index contributed by atoms with van der Waals surface area (Å²) in [5.41, 5.74) is 6.60.